The fraction of sp³-hybridized carbons (Fsp3) is 0.615. The predicted molar refractivity (Wildman–Crippen MR) is 72.9 cm³/mol. The molecule has 0 radical (unpaired) electrons. The highest BCUT2D eigenvalue weighted by Gasteiger charge is 2.21. The average Bonchev–Trinajstić information content (AvgIpc) is 2.72. The van der Waals surface area contributed by atoms with E-state index < -0.39 is 0 Å². The molecule has 2 rings (SSSR count). The first-order valence-corrected chi connectivity index (χ1v) is 6.49. The zero-order valence-electron chi connectivity index (χ0n) is 11.6. The fourth-order valence-corrected chi connectivity index (χ4v) is 1.74. The minimum atomic E-state index is -0.0611. The number of hydrogen-bond donors (Lipinski definition) is 1. The lowest BCUT2D eigenvalue weighted by Gasteiger charge is -2.15. The molecule has 0 aliphatic heterocycles. The molecule has 0 bridgehead atoms. The van der Waals surface area contributed by atoms with Crippen molar-refractivity contribution in [2.24, 2.45) is 0 Å². The highest BCUT2D eigenvalue weighted by molar-refractivity contribution is 5.44. The van der Waals surface area contributed by atoms with Gasteiger partial charge < -0.3 is 5.32 Å². The van der Waals surface area contributed by atoms with E-state index in [0.29, 0.717) is 0 Å². The Morgan fingerprint density at radius 1 is 1.22 bits per heavy atom. The summed E-state index contributed by atoms with van der Waals surface area (Å²) in [4.78, 5) is 0. The molecule has 2 aromatic rings. The zero-order valence-corrected chi connectivity index (χ0v) is 11.6. The van der Waals surface area contributed by atoms with Crippen LogP contribution in [0.3, 0.4) is 0 Å². The fourth-order valence-electron chi connectivity index (χ4n) is 1.74. The Morgan fingerprint density at radius 3 is 2.67 bits per heavy atom. The average molecular weight is 247 g/mol. The van der Waals surface area contributed by atoms with E-state index >= 15 is 0 Å². The van der Waals surface area contributed by atoms with Gasteiger partial charge in [0.05, 0.1) is 0 Å². The second-order valence-corrected chi connectivity index (χ2v) is 5.54. The van der Waals surface area contributed by atoms with Crippen LogP contribution < -0.4 is 5.32 Å². The van der Waals surface area contributed by atoms with Gasteiger partial charge in [-0.15, -0.1) is 15.3 Å². The summed E-state index contributed by atoms with van der Waals surface area (Å²) in [5.41, 5.74) is 0.732. The van der Waals surface area contributed by atoms with E-state index in [2.05, 4.69) is 48.3 Å². The van der Waals surface area contributed by atoms with Crippen molar-refractivity contribution in [3.8, 4) is 0 Å². The Bertz CT molecular complexity index is 524. The van der Waals surface area contributed by atoms with Gasteiger partial charge in [-0.1, -0.05) is 34.1 Å². The molecule has 0 saturated heterocycles. The van der Waals surface area contributed by atoms with Crippen molar-refractivity contribution >= 4 is 11.5 Å². The molecule has 5 nitrogen and oxygen atoms in total. The standard InChI is InChI=1S/C13H21N5/c1-5-6-9-14-10-7-8-11-15-16-12(13(2,3)4)18(11)17-10/h7-8H,5-6,9H2,1-4H3,(H,14,17). The second kappa shape index (κ2) is 4.92. The molecule has 0 aromatic carbocycles. The van der Waals surface area contributed by atoms with Gasteiger partial charge in [0, 0.05) is 12.0 Å². The lowest BCUT2D eigenvalue weighted by molar-refractivity contribution is 0.527. The van der Waals surface area contributed by atoms with Crippen LogP contribution in [0.25, 0.3) is 5.65 Å². The largest absolute Gasteiger partial charge is 0.369 e. The third kappa shape index (κ3) is 2.60. The van der Waals surface area contributed by atoms with Gasteiger partial charge in [-0.05, 0) is 18.6 Å². The molecule has 1 N–H and O–H groups in total. The van der Waals surface area contributed by atoms with E-state index in [4.69, 9.17) is 0 Å². The SMILES string of the molecule is CCCCNc1ccc2nnc(C(C)(C)C)n2n1. The summed E-state index contributed by atoms with van der Waals surface area (Å²) >= 11 is 0. The summed E-state index contributed by atoms with van der Waals surface area (Å²) in [7, 11) is 0. The molecule has 0 unspecified atom stereocenters. The Labute approximate surface area is 108 Å². The van der Waals surface area contributed by atoms with Crippen LogP contribution in [0.5, 0.6) is 0 Å². The monoisotopic (exact) mass is 247 g/mol. The van der Waals surface area contributed by atoms with Crippen LogP contribution in [0, 0.1) is 0 Å². The number of aromatic nitrogens is 4. The molecule has 0 amide bonds. The molecule has 0 saturated carbocycles. The summed E-state index contributed by atoms with van der Waals surface area (Å²) < 4.78 is 1.83. The van der Waals surface area contributed by atoms with Crippen molar-refractivity contribution in [3.05, 3.63) is 18.0 Å². The van der Waals surface area contributed by atoms with E-state index in [9.17, 15) is 0 Å². The Hall–Kier alpha value is -1.65. The molecule has 0 atom stereocenters. The van der Waals surface area contributed by atoms with Gasteiger partial charge in [0.2, 0.25) is 0 Å². The highest BCUT2D eigenvalue weighted by Crippen LogP contribution is 2.20. The molecular weight excluding hydrogens is 226 g/mol. The van der Waals surface area contributed by atoms with Gasteiger partial charge in [-0.3, -0.25) is 0 Å². The van der Waals surface area contributed by atoms with Crippen LogP contribution in [-0.2, 0) is 5.41 Å². The molecule has 98 valence electrons. The van der Waals surface area contributed by atoms with E-state index in [-0.39, 0.29) is 5.41 Å². The highest BCUT2D eigenvalue weighted by atomic mass is 15.4. The third-order valence-electron chi connectivity index (χ3n) is 2.77. The number of fused-ring (bicyclic) bond motifs is 1. The van der Waals surface area contributed by atoms with Crippen LogP contribution in [0.1, 0.15) is 46.4 Å². The maximum Gasteiger partial charge on any atom is 0.178 e. The quantitative estimate of drug-likeness (QED) is 0.844. The number of anilines is 1. The molecule has 5 heteroatoms. The maximum absolute atomic E-state index is 4.55. The van der Waals surface area contributed by atoms with Crippen LogP contribution in [0.15, 0.2) is 12.1 Å². The first-order chi connectivity index (χ1) is 8.52. The second-order valence-electron chi connectivity index (χ2n) is 5.54. The summed E-state index contributed by atoms with van der Waals surface area (Å²) in [6.45, 7) is 9.46. The molecule has 18 heavy (non-hydrogen) atoms. The van der Waals surface area contributed by atoms with Gasteiger partial charge in [0.15, 0.2) is 11.5 Å². The van der Waals surface area contributed by atoms with Crippen molar-refractivity contribution in [1.82, 2.24) is 19.8 Å². The number of nitrogens with zero attached hydrogens (tertiary/aromatic N) is 4. The first kappa shape index (κ1) is 12.8. The summed E-state index contributed by atoms with van der Waals surface area (Å²) in [6.07, 6.45) is 2.32. The van der Waals surface area contributed by atoms with Crippen molar-refractivity contribution in [2.75, 3.05) is 11.9 Å². The van der Waals surface area contributed by atoms with Gasteiger partial charge in [0.25, 0.3) is 0 Å². The molecule has 0 fully saturated rings. The van der Waals surface area contributed by atoms with E-state index in [1.54, 1.807) is 0 Å². The van der Waals surface area contributed by atoms with Crippen molar-refractivity contribution < 1.29 is 0 Å². The molecule has 0 aliphatic carbocycles. The van der Waals surface area contributed by atoms with Crippen LogP contribution in [-0.4, -0.2) is 26.4 Å². The molecule has 2 heterocycles. The Kier molecular flexibility index (Phi) is 3.50. The molecule has 2 aromatic heterocycles. The minimum Gasteiger partial charge on any atom is -0.369 e. The summed E-state index contributed by atoms with van der Waals surface area (Å²) in [6, 6.07) is 3.90. The van der Waals surface area contributed by atoms with Gasteiger partial charge in [-0.2, -0.15) is 4.52 Å². The number of hydrogen-bond acceptors (Lipinski definition) is 4. The van der Waals surface area contributed by atoms with Gasteiger partial charge in [0.1, 0.15) is 5.82 Å². The van der Waals surface area contributed by atoms with E-state index in [1.807, 2.05) is 16.6 Å². The smallest absolute Gasteiger partial charge is 0.178 e. The number of unbranched alkanes of at least 4 members (excludes halogenated alkanes) is 1. The third-order valence-corrected chi connectivity index (χ3v) is 2.77. The number of rotatable bonds is 4. The van der Waals surface area contributed by atoms with Crippen molar-refractivity contribution in [2.45, 2.75) is 46.0 Å². The maximum atomic E-state index is 4.55. The molecule has 0 aliphatic rings. The molecular formula is C13H21N5. The topological polar surface area (TPSA) is 55.1 Å². The zero-order chi connectivity index (χ0) is 13.2. The van der Waals surface area contributed by atoms with Gasteiger partial charge >= 0.3 is 0 Å². The number of nitrogens with one attached hydrogen (secondary N) is 1. The predicted octanol–water partition coefficient (Wildman–Crippen LogP) is 2.63. The minimum absolute atomic E-state index is 0.0611. The van der Waals surface area contributed by atoms with Crippen LogP contribution in [0.2, 0.25) is 0 Å². The summed E-state index contributed by atoms with van der Waals surface area (Å²) in [5.74, 6) is 1.76. The van der Waals surface area contributed by atoms with E-state index in [0.717, 1.165) is 30.3 Å². The van der Waals surface area contributed by atoms with Crippen molar-refractivity contribution in [1.29, 1.82) is 0 Å². The first-order valence-electron chi connectivity index (χ1n) is 6.49. The Morgan fingerprint density at radius 2 is 2.00 bits per heavy atom. The van der Waals surface area contributed by atoms with Crippen LogP contribution >= 0.6 is 0 Å². The Balaban J connectivity index is 2.31. The summed E-state index contributed by atoms with van der Waals surface area (Å²) in [5, 5.41) is 16.2. The van der Waals surface area contributed by atoms with E-state index in [1.165, 1.54) is 6.42 Å². The lowest BCUT2D eigenvalue weighted by Crippen LogP contribution is -2.17. The molecule has 0 spiro atoms. The normalized spacial score (nSPS) is 12.0. The van der Waals surface area contributed by atoms with Crippen LogP contribution in [0.4, 0.5) is 5.82 Å². The lowest BCUT2D eigenvalue weighted by atomic mass is 9.96. The van der Waals surface area contributed by atoms with Gasteiger partial charge in [-0.25, -0.2) is 0 Å². The van der Waals surface area contributed by atoms with Crippen molar-refractivity contribution in [3.63, 3.8) is 0 Å².